The molecule has 0 aromatic carbocycles. The highest BCUT2D eigenvalue weighted by Crippen LogP contribution is 2.37. The third-order valence-corrected chi connectivity index (χ3v) is 2.57. The number of hydrogen-bond acceptors (Lipinski definition) is 4. The lowest BCUT2D eigenvalue weighted by atomic mass is 9.79. The number of rotatable bonds is 3. The first-order valence-electron chi connectivity index (χ1n) is 4.68. The van der Waals surface area contributed by atoms with Crippen molar-refractivity contribution in [1.82, 2.24) is 0 Å². The molecule has 0 aromatic rings. The third kappa shape index (κ3) is 1.79. The van der Waals surface area contributed by atoms with Gasteiger partial charge in [-0.05, 0) is 12.5 Å². The van der Waals surface area contributed by atoms with Crippen LogP contribution in [-0.4, -0.2) is 26.0 Å². The molecule has 82 valence electrons. The van der Waals surface area contributed by atoms with Crippen molar-refractivity contribution in [2.75, 3.05) is 14.2 Å². The van der Waals surface area contributed by atoms with Crippen LogP contribution in [0.2, 0.25) is 0 Å². The lowest BCUT2D eigenvalue weighted by molar-refractivity contribution is -0.149. The molecule has 1 rings (SSSR count). The van der Waals surface area contributed by atoms with E-state index >= 15 is 0 Å². The fourth-order valence-corrected chi connectivity index (χ4v) is 1.64. The molecule has 1 aliphatic carbocycles. The average molecular weight is 210 g/mol. The molecule has 0 aliphatic heterocycles. The minimum atomic E-state index is -0.947. The summed E-state index contributed by atoms with van der Waals surface area (Å²) in [6.45, 7) is 1.84. The second-order valence-electron chi connectivity index (χ2n) is 3.26. The Morgan fingerprint density at radius 3 is 2.60 bits per heavy atom. The van der Waals surface area contributed by atoms with E-state index in [0.717, 1.165) is 0 Å². The summed E-state index contributed by atoms with van der Waals surface area (Å²) in [6, 6.07) is 0. The molecular weight excluding hydrogens is 196 g/mol. The molecule has 4 nitrogen and oxygen atoms in total. The van der Waals surface area contributed by atoms with Gasteiger partial charge in [-0.3, -0.25) is 9.59 Å². The van der Waals surface area contributed by atoms with E-state index in [1.165, 1.54) is 26.4 Å². The van der Waals surface area contributed by atoms with Gasteiger partial charge in [-0.1, -0.05) is 13.0 Å². The molecule has 0 heterocycles. The van der Waals surface area contributed by atoms with E-state index < -0.39 is 11.4 Å². The summed E-state index contributed by atoms with van der Waals surface area (Å²) in [4.78, 5) is 22.8. The number of allylic oxidation sites excluding steroid dienone is 2. The van der Waals surface area contributed by atoms with E-state index in [-0.39, 0.29) is 5.78 Å². The first-order valence-corrected chi connectivity index (χ1v) is 4.68. The van der Waals surface area contributed by atoms with Crippen molar-refractivity contribution in [2.45, 2.75) is 13.3 Å². The molecule has 0 saturated heterocycles. The third-order valence-electron chi connectivity index (χ3n) is 2.57. The zero-order valence-electron chi connectivity index (χ0n) is 9.07. The molecule has 0 spiro atoms. The molecule has 4 heteroatoms. The van der Waals surface area contributed by atoms with Gasteiger partial charge in [0.2, 0.25) is 0 Å². The van der Waals surface area contributed by atoms with Gasteiger partial charge in [0.05, 0.1) is 14.2 Å². The molecule has 1 unspecified atom stereocenters. The standard InChI is InChI=1S/C11H14O4/c1-4-11(10(13)15-3)6-5-8(12)7-9(11)14-2/h5-7H,4H2,1-3H3. The minimum absolute atomic E-state index is 0.181. The predicted molar refractivity (Wildman–Crippen MR) is 54.0 cm³/mol. The van der Waals surface area contributed by atoms with E-state index in [2.05, 4.69) is 0 Å². The number of hydrogen-bond donors (Lipinski definition) is 0. The predicted octanol–water partition coefficient (Wildman–Crippen LogP) is 1.23. The fraction of sp³-hybridized carbons (Fsp3) is 0.455. The van der Waals surface area contributed by atoms with Crippen LogP contribution in [0.5, 0.6) is 0 Å². The SMILES string of the molecule is CCC1(C(=O)OC)C=CC(=O)C=C1OC. The van der Waals surface area contributed by atoms with Gasteiger partial charge in [-0.2, -0.15) is 0 Å². The highest BCUT2D eigenvalue weighted by atomic mass is 16.5. The van der Waals surface area contributed by atoms with Gasteiger partial charge < -0.3 is 9.47 Å². The number of carbonyl (C=O) groups excluding carboxylic acids is 2. The summed E-state index contributed by atoms with van der Waals surface area (Å²) in [5.74, 6) is -0.258. The first-order chi connectivity index (χ1) is 7.10. The normalized spacial score (nSPS) is 24.7. The zero-order valence-corrected chi connectivity index (χ0v) is 9.07. The summed E-state index contributed by atoms with van der Waals surface area (Å²) in [7, 11) is 2.75. The quantitative estimate of drug-likeness (QED) is 0.657. The van der Waals surface area contributed by atoms with Gasteiger partial charge in [0.1, 0.15) is 11.2 Å². The van der Waals surface area contributed by atoms with Crippen LogP contribution in [-0.2, 0) is 19.1 Å². The van der Waals surface area contributed by atoms with E-state index in [9.17, 15) is 9.59 Å². The number of ketones is 1. The molecule has 0 N–H and O–H groups in total. The van der Waals surface area contributed by atoms with Crippen molar-refractivity contribution >= 4 is 11.8 Å². The highest BCUT2D eigenvalue weighted by Gasteiger charge is 2.42. The van der Waals surface area contributed by atoms with Crippen LogP contribution in [0.15, 0.2) is 24.0 Å². The lowest BCUT2D eigenvalue weighted by Crippen LogP contribution is -2.34. The number of esters is 1. The van der Waals surface area contributed by atoms with E-state index in [1.54, 1.807) is 6.08 Å². The van der Waals surface area contributed by atoms with Gasteiger partial charge in [0.15, 0.2) is 5.78 Å². The van der Waals surface area contributed by atoms with Gasteiger partial charge in [0, 0.05) is 6.08 Å². The van der Waals surface area contributed by atoms with Gasteiger partial charge in [0.25, 0.3) is 0 Å². The van der Waals surface area contributed by atoms with Crippen LogP contribution in [0, 0.1) is 5.41 Å². The summed E-state index contributed by atoms with van der Waals surface area (Å²) < 4.78 is 9.81. The molecule has 0 amide bonds. The van der Waals surface area contributed by atoms with Crippen molar-refractivity contribution in [3.63, 3.8) is 0 Å². The van der Waals surface area contributed by atoms with Gasteiger partial charge in [-0.15, -0.1) is 0 Å². The number of methoxy groups -OCH3 is 2. The van der Waals surface area contributed by atoms with Crippen LogP contribution in [0.3, 0.4) is 0 Å². The topological polar surface area (TPSA) is 52.6 Å². The Morgan fingerprint density at radius 2 is 2.13 bits per heavy atom. The zero-order chi connectivity index (χ0) is 11.5. The van der Waals surface area contributed by atoms with Crippen LogP contribution < -0.4 is 0 Å². The van der Waals surface area contributed by atoms with Gasteiger partial charge >= 0.3 is 5.97 Å². The number of ether oxygens (including phenoxy) is 2. The monoisotopic (exact) mass is 210 g/mol. The minimum Gasteiger partial charge on any atom is -0.499 e. The second-order valence-corrected chi connectivity index (χ2v) is 3.26. The fourth-order valence-electron chi connectivity index (χ4n) is 1.64. The Kier molecular flexibility index (Phi) is 3.29. The lowest BCUT2D eigenvalue weighted by Gasteiger charge is -2.29. The summed E-state index contributed by atoms with van der Waals surface area (Å²) in [6.07, 6.45) is 4.71. The smallest absolute Gasteiger partial charge is 0.323 e. The molecule has 0 bridgehead atoms. The van der Waals surface area contributed by atoms with Crippen LogP contribution in [0.4, 0.5) is 0 Å². The average Bonchev–Trinajstić information content (AvgIpc) is 2.28. The van der Waals surface area contributed by atoms with Crippen LogP contribution in [0.1, 0.15) is 13.3 Å². The Balaban J connectivity index is 3.18. The van der Waals surface area contributed by atoms with Crippen LogP contribution in [0.25, 0.3) is 0 Å². The van der Waals surface area contributed by atoms with Crippen molar-refractivity contribution in [3.8, 4) is 0 Å². The van der Waals surface area contributed by atoms with Crippen molar-refractivity contribution in [3.05, 3.63) is 24.0 Å². The largest absolute Gasteiger partial charge is 0.499 e. The summed E-state index contributed by atoms with van der Waals surface area (Å²) >= 11 is 0. The Bertz CT molecular complexity index is 340. The van der Waals surface area contributed by atoms with Crippen molar-refractivity contribution in [1.29, 1.82) is 0 Å². The van der Waals surface area contributed by atoms with E-state index in [1.807, 2.05) is 6.92 Å². The summed E-state index contributed by atoms with van der Waals surface area (Å²) in [5, 5.41) is 0. The molecule has 0 saturated carbocycles. The Labute approximate surface area is 88.6 Å². The van der Waals surface area contributed by atoms with Gasteiger partial charge in [-0.25, -0.2) is 0 Å². The molecule has 15 heavy (non-hydrogen) atoms. The molecular formula is C11H14O4. The van der Waals surface area contributed by atoms with E-state index in [4.69, 9.17) is 9.47 Å². The molecule has 0 radical (unpaired) electrons. The first kappa shape index (κ1) is 11.5. The number of carbonyl (C=O) groups is 2. The van der Waals surface area contributed by atoms with Crippen molar-refractivity contribution in [2.24, 2.45) is 5.41 Å². The molecule has 0 fully saturated rings. The maximum atomic E-state index is 11.7. The maximum Gasteiger partial charge on any atom is 0.323 e. The highest BCUT2D eigenvalue weighted by molar-refractivity contribution is 6.03. The van der Waals surface area contributed by atoms with Crippen LogP contribution >= 0.6 is 0 Å². The molecule has 1 aliphatic rings. The Morgan fingerprint density at radius 1 is 1.47 bits per heavy atom. The Hall–Kier alpha value is -1.58. The molecule has 1 atom stereocenters. The maximum absolute atomic E-state index is 11.7. The van der Waals surface area contributed by atoms with Crippen molar-refractivity contribution < 1.29 is 19.1 Å². The van der Waals surface area contributed by atoms with E-state index in [0.29, 0.717) is 12.2 Å². The molecule has 0 aromatic heterocycles. The second kappa shape index (κ2) is 4.29. The summed E-state index contributed by atoms with van der Waals surface area (Å²) in [5.41, 5.74) is -0.947.